The van der Waals surface area contributed by atoms with E-state index in [4.69, 9.17) is 9.47 Å². The molecule has 1 N–H and O–H groups in total. The number of ether oxygens (including phenoxy) is 2. The summed E-state index contributed by atoms with van der Waals surface area (Å²) in [5.74, 6) is -0.685. The van der Waals surface area contributed by atoms with E-state index in [0.717, 1.165) is 11.1 Å². The molecule has 0 fully saturated rings. The minimum atomic E-state index is -0.685. The van der Waals surface area contributed by atoms with Gasteiger partial charge in [-0.05, 0) is 17.2 Å². The third-order valence-electron chi connectivity index (χ3n) is 3.50. The van der Waals surface area contributed by atoms with Crippen molar-refractivity contribution in [2.75, 3.05) is 14.2 Å². The maximum atomic E-state index is 10.2. The fourth-order valence-electron chi connectivity index (χ4n) is 2.21. The number of hydrogen-bond acceptors (Lipinski definition) is 3. The number of hydrogen-bond donors (Lipinski definition) is 1. The lowest BCUT2D eigenvalue weighted by Crippen LogP contribution is -2.33. The maximum Gasteiger partial charge on any atom is 0.190 e. The molecule has 19 heavy (non-hydrogen) atoms. The van der Waals surface area contributed by atoms with E-state index >= 15 is 0 Å². The van der Waals surface area contributed by atoms with E-state index in [1.54, 1.807) is 14.2 Å². The van der Waals surface area contributed by atoms with Crippen LogP contribution in [0.5, 0.6) is 0 Å². The topological polar surface area (TPSA) is 38.7 Å². The van der Waals surface area contributed by atoms with Crippen LogP contribution in [-0.2, 0) is 15.9 Å². The minimum absolute atomic E-state index is 0.495. The van der Waals surface area contributed by atoms with Gasteiger partial charge in [0, 0.05) is 27.1 Å². The van der Waals surface area contributed by atoms with Crippen molar-refractivity contribution in [1.82, 2.24) is 0 Å². The molecule has 0 bridgehead atoms. The Labute approximate surface area is 114 Å². The summed E-state index contributed by atoms with van der Waals surface area (Å²) in [5, 5.41) is 10.2. The number of methoxy groups -OCH3 is 2. The van der Waals surface area contributed by atoms with Crippen LogP contribution in [0, 0.1) is 0 Å². The first-order valence-corrected chi connectivity index (χ1v) is 6.41. The van der Waals surface area contributed by atoms with Crippen LogP contribution in [0.2, 0.25) is 0 Å². The zero-order valence-electron chi connectivity index (χ0n) is 11.4. The molecule has 3 nitrogen and oxygen atoms in total. The predicted molar refractivity (Wildman–Crippen MR) is 74.7 cm³/mol. The molecular formula is C16H20O3. The fourth-order valence-corrected chi connectivity index (χ4v) is 2.21. The van der Waals surface area contributed by atoms with E-state index in [-0.39, 0.29) is 0 Å². The lowest BCUT2D eigenvalue weighted by atomic mass is 9.94. The van der Waals surface area contributed by atoms with Crippen molar-refractivity contribution in [3.63, 3.8) is 0 Å². The zero-order valence-corrected chi connectivity index (χ0v) is 11.4. The standard InChI is InChI=1S/C16H20O3/c1-18-16(19-2)10-8-14(9-11-16)15(17)12-13-6-4-3-5-7-13/h3-10,15,17H,11-12H2,1-2H3. The second-order valence-corrected chi connectivity index (χ2v) is 4.67. The van der Waals surface area contributed by atoms with E-state index < -0.39 is 11.9 Å². The molecule has 3 heteroatoms. The van der Waals surface area contributed by atoms with Crippen molar-refractivity contribution < 1.29 is 14.6 Å². The molecule has 1 aromatic carbocycles. The Morgan fingerprint density at radius 2 is 1.89 bits per heavy atom. The summed E-state index contributed by atoms with van der Waals surface area (Å²) < 4.78 is 10.7. The van der Waals surface area contributed by atoms with Crippen molar-refractivity contribution in [3.05, 3.63) is 59.7 Å². The van der Waals surface area contributed by atoms with Crippen LogP contribution in [0.15, 0.2) is 54.1 Å². The minimum Gasteiger partial charge on any atom is -0.388 e. The molecule has 0 aliphatic heterocycles. The lowest BCUT2D eigenvalue weighted by molar-refractivity contribution is -0.168. The summed E-state index contributed by atoms with van der Waals surface area (Å²) in [6, 6.07) is 9.97. The number of aliphatic hydroxyl groups is 1. The van der Waals surface area contributed by atoms with Crippen LogP contribution in [0.3, 0.4) is 0 Å². The highest BCUT2D eigenvalue weighted by atomic mass is 16.7. The van der Waals surface area contributed by atoms with E-state index in [2.05, 4.69) is 0 Å². The second kappa shape index (κ2) is 6.15. The Morgan fingerprint density at radius 3 is 2.42 bits per heavy atom. The summed E-state index contributed by atoms with van der Waals surface area (Å²) in [4.78, 5) is 0. The van der Waals surface area contributed by atoms with Gasteiger partial charge < -0.3 is 14.6 Å². The molecule has 0 radical (unpaired) electrons. The number of benzene rings is 1. The van der Waals surface area contributed by atoms with E-state index in [1.165, 1.54) is 0 Å². The molecule has 0 saturated carbocycles. The van der Waals surface area contributed by atoms with Crippen LogP contribution >= 0.6 is 0 Å². The van der Waals surface area contributed by atoms with E-state index in [0.29, 0.717) is 12.8 Å². The van der Waals surface area contributed by atoms with Gasteiger partial charge in [0.15, 0.2) is 5.79 Å². The monoisotopic (exact) mass is 260 g/mol. The van der Waals surface area contributed by atoms with Gasteiger partial charge in [-0.1, -0.05) is 42.5 Å². The fraction of sp³-hybridized carbons (Fsp3) is 0.375. The van der Waals surface area contributed by atoms with Gasteiger partial charge in [0.05, 0.1) is 6.10 Å². The highest BCUT2D eigenvalue weighted by Crippen LogP contribution is 2.27. The van der Waals surface area contributed by atoms with Gasteiger partial charge in [-0.2, -0.15) is 0 Å². The van der Waals surface area contributed by atoms with Crippen molar-refractivity contribution in [2.45, 2.75) is 24.7 Å². The van der Waals surface area contributed by atoms with Crippen LogP contribution in [0.4, 0.5) is 0 Å². The third-order valence-corrected chi connectivity index (χ3v) is 3.50. The Kier molecular flexibility index (Phi) is 4.53. The molecule has 2 rings (SSSR count). The molecule has 102 valence electrons. The van der Waals surface area contributed by atoms with Crippen molar-refractivity contribution in [3.8, 4) is 0 Å². The summed E-state index contributed by atoms with van der Waals surface area (Å²) in [7, 11) is 3.24. The van der Waals surface area contributed by atoms with Gasteiger partial charge in [0.1, 0.15) is 0 Å². The third kappa shape index (κ3) is 3.32. The first-order chi connectivity index (χ1) is 9.19. The second-order valence-electron chi connectivity index (χ2n) is 4.67. The van der Waals surface area contributed by atoms with Gasteiger partial charge in [-0.3, -0.25) is 0 Å². The maximum absolute atomic E-state index is 10.2. The average molecular weight is 260 g/mol. The number of aliphatic hydroxyl groups excluding tert-OH is 1. The molecule has 1 unspecified atom stereocenters. The van der Waals surface area contributed by atoms with Gasteiger partial charge in [0.25, 0.3) is 0 Å². The highest BCUT2D eigenvalue weighted by Gasteiger charge is 2.28. The Hall–Kier alpha value is -1.42. The Morgan fingerprint density at radius 1 is 1.21 bits per heavy atom. The largest absolute Gasteiger partial charge is 0.388 e. The predicted octanol–water partition coefficient (Wildman–Crippen LogP) is 2.47. The summed E-state index contributed by atoms with van der Waals surface area (Å²) in [6.45, 7) is 0. The molecule has 1 aromatic rings. The van der Waals surface area contributed by atoms with Gasteiger partial charge in [0.2, 0.25) is 0 Å². The van der Waals surface area contributed by atoms with E-state index in [9.17, 15) is 5.11 Å². The van der Waals surface area contributed by atoms with Crippen LogP contribution in [-0.4, -0.2) is 31.2 Å². The highest BCUT2D eigenvalue weighted by molar-refractivity contribution is 5.31. The molecule has 1 aliphatic carbocycles. The molecule has 0 aromatic heterocycles. The lowest BCUT2D eigenvalue weighted by Gasteiger charge is -2.30. The first kappa shape index (κ1) is 14.0. The van der Waals surface area contributed by atoms with Crippen LogP contribution < -0.4 is 0 Å². The van der Waals surface area contributed by atoms with Gasteiger partial charge >= 0.3 is 0 Å². The Balaban J connectivity index is 2.01. The number of rotatable bonds is 5. The average Bonchev–Trinajstić information content (AvgIpc) is 2.48. The molecule has 0 saturated heterocycles. The molecule has 0 spiro atoms. The first-order valence-electron chi connectivity index (χ1n) is 6.41. The SMILES string of the molecule is COC1(OC)C=CC(C(O)Cc2ccccc2)=CC1. The van der Waals surface area contributed by atoms with Crippen LogP contribution in [0.1, 0.15) is 12.0 Å². The van der Waals surface area contributed by atoms with Crippen molar-refractivity contribution >= 4 is 0 Å². The molecule has 1 aliphatic rings. The molecular weight excluding hydrogens is 240 g/mol. The smallest absolute Gasteiger partial charge is 0.190 e. The molecule has 0 heterocycles. The molecule has 0 amide bonds. The zero-order chi connectivity index (χ0) is 13.7. The quantitative estimate of drug-likeness (QED) is 0.827. The summed E-state index contributed by atoms with van der Waals surface area (Å²) in [6.07, 6.45) is 6.44. The Bertz CT molecular complexity index is 458. The van der Waals surface area contributed by atoms with Gasteiger partial charge in [-0.15, -0.1) is 0 Å². The van der Waals surface area contributed by atoms with Crippen LogP contribution in [0.25, 0.3) is 0 Å². The van der Waals surface area contributed by atoms with Crippen molar-refractivity contribution in [1.29, 1.82) is 0 Å². The van der Waals surface area contributed by atoms with E-state index in [1.807, 2.05) is 48.6 Å². The molecule has 1 atom stereocenters. The van der Waals surface area contributed by atoms with Crippen molar-refractivity contribution in [2.24, 2.45) is 0 Å². The normalized spacial score (nSPS) is 19.0. The van der Waals surface area contributed by atoms with Gasteiger partial charge in [-0.25, -0.2) is 0 Å². The summed E-state index contributed by atoms with van der Waals surface area (Å²) >= 11 is 0. The summed E-state index contributed by atoms with van der Waals surface area (Å²) in [5.41, 5.74) is 2.04.